The highest BCUT2D eigenvalue weighted by molar-refractivity contribution is 6.03. The van der Waals surface area contributed by atoms with Gasteiger partial charge in [0.2, 0.25) is 0 Å². The third kappa shape index (κ3) is 1.61. The molecule has 2 aromatic rings. The highest BCUT2D eigenvalue weighted by Gasteiger charge is 2.38. The molecule has 0 fully saturated rings. The molecular formula is C20H20. The SMILES string of the molecule is C=CC=C1/C(=C\C)c2c(ccc3ccccc23)C1(C)C. The Balaban J connectivity index is 2.45. The maximum absolute atomic E-state index is 3.88. The molecule has 20 heavy (non-hydrogen) atoms. The van der Waals surface area contributed by atoms with Crippen LogP contribution >= 0.6 is 0 Å². The molecule has 0 bridgehead atoms. The molecule has 2 aromatic carbocycles. The second kappa shape index (κ2) is 4.49. The van der Waals surface area contributed by atoms with Crippen molar-refractivity contribution in [3.8, 4) is 0 Å². The summed E-state index contributed by atoms with van der Waals surface area (Å²) in [7, 11) is 0. The Labute approximate surface area is 121 Å². The van der Waals surface area contributed by atoms with Crippen molar-refractivity contribution in [3.05, 3.63) is 77.9 Å². The van der Waals surface area contributed by atoms with Gasteiger partial charge in [0.25, 0.3) is 0 Å². The average Bonchev–Trinajstić information content (AvgIpc) is 2.68. The summed E-state index contributed by atoms with van der Waals surface area (Å²) in [6.07, 6.45) is 6.29. The van der Waals surface area contributed by atoms with Crippen LogP contribution in [0.2, 0.25) is 0 Å². The van der Waals surface area contributed by atoms with Crippen molar-refractivity contribution < 1.29 is 0 Å². The van der Waals surface area contributed by atoms with Crippen LogP contribution in [-0.2, 0) is 5.41 Å². The predicted octanol–water partition coefficient (Wildman–Crippen LogP) is 5.65. The molecule has 0 unspecified atom stereocenters. The Hall–Kier alpha value is -2.08. The fraction of sp³-hybridized carbons (Fsp3) is 0.200. The van der Waals surface area contributed by atoms with Crippen molar-refractivity contribution in [1.82, 2.24) is 0 Å². The maximum atomic E-state index is 3.88. The average molecular weight is 260 g/mol. The third-order valence-corrected chi connectivity index (χ3v) is 4.41. The summed E-state index contributed by atoms with van der Waals surface area (Å²) in [4.78, 5) is 0. The summed E-state index contributed by atoms with van der Waals surface area (Å²) in [5, 5.41) is 2.65. The molecule has 0 aromatic heterocycles. The van der Waals surface area contributed by atoms with Gasteiger partial charge in [0, 0.05) is 5.41 Å². The fourth-order valence-electron chi connectivity index (χ4n) is 3.41. The summed E-state index contributed by atoms with van der Waals surface area (Å²) in [5.41, 5.74) is 5.55. The van der Waals surface area contributed by atoms with Crippen LogP contribution in [0.4, 0.5) is 0 Å². The monoisotopic (exact) mass is 260 g/mol. The Kier molecular flexibility index (Phi) is 2.90. The largest absolute Gasteiger partial charge is 0.0991 e. The molecule has 1 aliphatic carbocycles. The lowest BCUT2D eigenvalue weighted by molar-refractivity contribution is 0.661. The lowest BCUT2D eigenvalue weighted by Crippen LogP contribution is -2.14. The zero-order valence-corrected chi connectivity index (χ0v) is 12.4. The summed E-state index contributed by atoms with van der Waals surface area (Å²) in [6, 6.07) is 13.2. The van der Waals surface area contributed by atoms with E-state index in [4.69, 9.17) is 0 Å². The minimum absolute atomic E-state index is 0.0371. The molecule has 0 N–H and O–H groups in total. The Morgan fingerprint density at radius 1 is 1.05 bits per heavy atom. The number of allylic oxidation sites excluding steroid dienone is 5. The topological polar surface area (TPSA) is 0 Å². The van der Waals surface area contributed by atoms with E-state index in [1.54, 1.807) is 0 Å². The molecular weight excluding hydrogens is 240 g/mol. The van der Waals surface area contributed by atoms with Crippen LogP contribution < -0.4 is 0 Å². The van der Waals surface area contributed by atoms with Gasteiger partial charge in [-0.25, -0.2) is 0 Å². The molecule has 0 saturated carbocycles. The molecule has 1 aliphatic rings. The standard InChI is InChI=1S/C20H20/c1-5-9-17-15(6-2)19-16-11-8-7-10-14(16)12-13-18(19)20(17,3)4/h5-13H,1H2,2-4H3/b15-6+,17-9?. The van der Waals surface area contributed by atoms with Crippen molar-refractivity contribution >= 4 is 16.3 Å². The van der Waals surface area contributed by atoms with E-state index in [0.717, 1.165) is 0 Å². The molecule has 0 amide bonds. The van der Waals surface area contributed by atoms with E-state index >= 15 is 0 Å². The highest BCUT2D eigenvalue weighted by Crippen LogP contribution is 2.51. The zero-order valence-electron chi connectivity index (χ0n) is 12.4. The number of benzene rings is 2. The molecule has 3 rings (SSSR count). The molecule has 0 heterocycles. The van der Waals surface area contributed by atoms with Crippen LogP contribution in [0.5, 0.6) is 0 Å². The summed E-state index contributed by atoms with van der Waals surface area (Å²) >= 11 is 0. The maximum Gasteiger partial charge on any atom is 0.0158 e. The Morgan fingerprint density at radius 3 is 2.50 bits per heavy atom. The second-order valence-corrected chi connectivity index (χ2v) is 5.85. The van der Waals surface area contributed by atoms with Gasteiger partial charge in [0.1, 0.15) is 0 Å². The van der Waals surface area contributed by atoms with Gasteiger partial charge >= 0.3 is 0 Å². The predicted molar refractivity (Wildman–Crippen MR) is 88.9 cm³/mol. The molecule has 0 saturated heterocycles. The van der Waals surface area contributed by atoms with Crippen LogP contribution in [0.1, 0.15) is 31.9 Å². The summed E-state index contributed by atoms with van der Waals surface area (Å²) in [5.74, 6) is 0. The quantitative estimate of drug-likeness (QED) is 0.622. The van der Waals surface area contributed by atoms with Crippen molar-refractivity contribution in [3.63, 3.8) is 0 Å². The lowest BCUT2D eigenvalue weighted by Gasteiger charge is -2.21. The number of hydrogen-bond donors (Lipinski definition) is 0. The van der Waals surface area contributed by atoms with Gasteiger partial charge in [-0.2, -0.15) is 0 Å². The van der Waals surface area contributed by atoms with Crippen LogP contribution in [0.3, 0.4) is 0 Å². The minimum Gasteiger partial charge on any atom is -0.0991 e. The number of rotatable bonds is 1. The van der Waals surface area contributed by atoms with Gasteiger partial charge in [0.05, 0.1) is 0 Å². The summed E-state index contributed by atoms with van der Waals surface area (Å²) in [6.45, 7) is 10.6. The Bertz CT molecular complexity index is 755. The van der Waals surface area contributed by atoms with E-state index in [9.17, 15) is 0 Å². The van der Waals surface area contributed by atoms with Gasteiger partial charge < -0.3 is 0 Å². The third-order valence-electron chi connectivity index (χ3n) is 4.41. The van der Waals surface area contributed by atoms with Gasteiger partial charge in [-0.05, 0) is 40.0 Å². The first-order valence-corrected chi connectivity index (χ1v) is 7.13. The van der Waals surface area contributed by atoms with E-state index in [-0.39, 0.29) is 5.41 Å². The first-order chi connectivity index (χ1) is 9.61. The lowest BCUT2D eigenvalue weighted by atomic mass is 9.82. The van der Waals surface area contributed by atoms with Crippen LogP contribution in [0.15, 0.2) is 66.8 Å². The normalized spacial score (nSPS) is 20.6. The fourth-order valence-corrected chi connectivity index (χ4v) is 3.41. The van der Waals surface area contributed by atoms with Gasteiger partial charge in [-0.15, -0.1) is 0 Å². The van der Waals surface area contributed by atoms with Crippen LogP contribution in [0, 0.1) is 0 Å². The highest BCUT2D eigenvalue weighted by atomic mass is 14.4. The van der Waals surface area contributed by atoms with Crippen molar-refractivity contribution in [1.29, 1.82) is 0 Å². The molecule has 0 radical (unpaired) electrons. The molecule has 100 valence electrons. The van der Waals surface area contributed by atoms with Crippen LogP contribution in [0.25, 0.3) is 16.3 Å². The van der Waals surface area contributed by atoms with Crippen molar-refractivity contribution in [2.45, 2.75) is 26.2 Å². The molecule has 0 spiro atoms. The first kappa shape index (κ1) is 12.9. The number of fused-ring (bicyclic) bond motifs is 3. The van der Waals surface area contributed by atoms with Crippen molar-refractivity contribution in [2.75, 3.05) is 0 Å². The number of hydrogen-bond acceptors (Lipinski definition) is 0. The Morgan fingerprint density at radius 2 is 1.80 bits per heavy atom. The van der Waals surface area contributed by atoms with Gasteiger partial charge in [0.15, 0.2) is 0 Å². The smallest absolute Gasteiger partial charge is 0.0158 e. The minimum atomic E-state index is 0.0371. The van der Waals surface area contributed by atoms with Gasteiger partial charge in [-0.1, -0.05) is 75.1 Å². The second-order valence-electron chi connectivity index (χ2n) is 5.85. The molecule has 0 aliphatic heterocycles. The van der Waals surface area contributed by atoms with Crippen LogP contribution in [-0.4, -0.2) is 0 Å². The zero-order chi connectivity index (χ0) is 14.3. The molecule has 0 nitrogen and oxygen atoms in total. The molecule has 0 atom stereocenters. The molecule has 0 heteroatoms. The first-order valence-electron chi connectivity index (χ1n) is 7.13. The van der Waals surface area contributed by atoms with Crippen molar-refractivity contribution in [2.24, 2.45) is 0 Å². The van der Waals surface area contributed by atoms with E-state index in [1.165, 1.54) is 33.0 Å². The van der Waals surface area contributed by atoms with E-state index < -0.39 is 0 Å². The summed E-state index contributed by atoms with van der Waals surface area (Å²) < 4.78 is 0. The van der Waals surface area contributed by atoms with E-state index in [0.29, 0.717) is 0 Å². The van der Waals surface area contributed by atoms with Gasteiger partial charge in [-0.3, -0.25) is 0 Å². The van der Waals surface area contributed by atoms with E-state index in [2.05, 4.69) is 75.9 Å². The van der Waals surface area contributed by atoms with E-state index in [1.807, 2.05) is 6.08 Å².